The summed E-state index contributed by atoms with van der Waals surface area (Å²) >= 11 is 1.38. The molecular weight excluding hydrogens is 432 g/mol. The van der Waals surface area contributed by atoms with Crippen LogP contribution in [0.15, 0.2) is 46.9 Å². The molecule has 32 heavy (non-hydrogen) atoms. The first kappa shape index (κ1) is 21.4. The van der Waals surface area contributed by atoms with E-state index in [0.29, 0.717) is 33.4 Å². The van der Waals surface area contributed by atoms with Crippen molar-refractivity contribution in [3.63, 3.8) is 0 Å². The number of aromatic nitrogens is 1. The molecule has 0 fully saturated rings. The maximum atomic E-state index is 13.1. The fraction of sp³-hybridized carbons (Fsp3) is 0.174. The first-order valence-electron chi connectivity index (χ1n) is 9.57. The fourth-order valence-electron chi connectivity index (χ4n) is 3.28. The molecule has 2 aromatic carbocycles. The number of anilines is 1. The zero-order chi connectivity index (χ0) is 22.8. The normalized spacial score (nSPS) is 10.8. The standard InChI is InChI=1S/C23H20N2O6S/c1-12-18(23(27)30-4)19(22-24-16-7-5-6-8-17(16)32-22)21(31-12)25-20(26)13-9-14(28-2)11-15(10-13)29-3/h5-11H,1-4H3,(H,25,26). The molecule has 2 heterocycles. The molecule has 2 aromatic heterocycles. The summed E-state index contributed by atoms with van der Waals surface area (Å²) in [7, 11) is 4.29. The minimum absolute atomic E-state index is 0.105. The first-order valence-corrected chi connectivity index (χ1v) is 10.4. The Morgan fingerprint density at radius 1 is 1.03 bits per heavy atom. The van der Waals surface area contributed by atoms with Gasteiger partial charge in [0.15, 0.2) is 0 Å². The summed E-state index contributed by atoms with van der Waals surface area (Å²) in [4.78, 5) is 30.2. The van der Waals surface area contributed by atoms with Crippen molar-refractivity contribution in [3.8, 4) is 22.1 Å². The molecular formula is C23H20N2O6S. The van der Waals surface area contributed by atoms with E-state index in [4.69, 9.17) is 18.6 Å². The van der Waals surface area contributed by atoms with Crippen molar-refractivity contribution in [1.82, 2.24) is 4.98 Å². The number of methoxy groups -OCH3 is 3. The van der Waals surface area contributed by atoms with Crippen LogP contribution < -0.4 is 14.8 Å². The SMILES string of the molecule is COC(=O)c1c(C)oc(NC(=O)c2cc(OC)cc(OC)c2)c1-c1nc2ccccc2s1. The Hall–Kier alpha value is -3.85. The van der Waals surface area contributed by atoms with Gasteiger partial charge in [0.05, 0.1) is 37.1 Å². The number of amides is 1. The third kappa shape index (κ3) is 3.90. The van der Waals surface area contributed by atoms with Crippen molar-refractivity contribution >= 4 is 39.3 Å². The molecule has 8 nitrogen and oxygen atoms in total. The number of nitrogens with one attached hydrogen (secondary N) is 1. The van der Waals surface area contributed by atoms with Crippen molar-refractivity contribution in [2.75, 3.05) is 26.6 Å². The number of hydrogen-bond acceptors (Lipinski definition) is 8. The van der Waals surface area contributed by atoms with Crippen LogP contribution in [-0.2, 0) is 4.74 Å². The lowest BCUT2D eigenvalue weighted by atomic mass is 10.1. The number of para-hydroxylation sites is 1. The highest BCUT2D eigenvalue weighted by Gasteiger charge is 2.29. The second-order valence-electron chi connectivity index (χ2n) is 6.77. The van der Waals surface area contributed by atoms with E-state index in [1.54, 1.807) is 25.1 Å². The van der Waals surface area contributed by atoms with E-state index in [1.165, 1.54) is 32.7 Å². The van der Waals surface area contributed by atoms with Crippen LogP contribution in [0.4, 0.5) is 5.88 Å². The van der Waals surface area contributed by atoms with Gasteiger partial charge in [-0.1, -0.05) is 12.1 Å². The molecule has 1 amide bonds. The van der Waals surface area contributed by atoms with Crippen LogP contribution in [0.3, 0.4) is 0 Å². The van der Waals surface area contributed by atoms with Crippen LogP contribution in [0.2, 0.25) is 0 Å². The van der Waals surface area contributed by atoms with Crippen LogP contribution in [-0.4, -0.2) is 38.2 Å². The molecule has 0 radical (unpaired) electrons. The molecule has 0 saturated carbocycles. The molecule has 1 N–H and O–H groups in total. The lowest BCUT2D eigenvalue weighted by Crippen LogP contribution is -2.13. The molecule has 9 heteroatoms. The number of ether oxygens (including phenoxy) is 3. The maximum absolute atomic E-state index is 13.1. The Morgan fingerprint density at radius 2 is 1.72 bits per heavy atom. The topological polar surface area (TPSA) is 99.9 Å². The van der Waals surface area contributed by atoms with Gasteiger partial charge in [-0.2, -0.15) is 0 Å². The van der Waals surface area contributed by atoms with E-state index in [9.17, 15) is 9.59 Å². The van der Waals surface area contributed by atoms with Gasteiger partial charge in [0, 0.05) is 11.6 Å². The van der Waals surface area contributed by atoms with E-state index in [2.05, 4.69) is 10.3 Å². The molecule has 0 bridgehead atoms. The predicted molar refractivity (Wildman–Crippen MR) is 121 cm³/mol. The highest BCUT2D eigenvalue weighted by atomic mass is 32.1. The van der Waals surface area contributed by atoms with Crippen molar-refractivity contribution in [2.24, 2.45) is 0 Å². The summed E-state index contributed by atoms with van der Waals surface area (Å²) in [5.41, 5.74) is 1.66. The van der Waals surface area contributed by atoms with Gasteiger partial charge in [-0.3, -0.25) is 10.1 Å². The van der Waals surface area contributed by atoms with Crippen LogP contribution in [0, 0.1) is 6.92 Å². The van der Waals surface area contributed by atoms with E-state index >= 15 is 0 Å². The Morgan fingerprint density at radius 3 is 2.34 bits per heavy atom. The van der Waals surface area contributed by atoms with Crippen LogP contribution >= 0.6 is 11.3 Å². The largest absolute Gasteiger partial charge is 0.497 e. The quantitative estimate of drug-likeness (QED) is 0.415. The lowest BCUT2D eigenvalue weighted by molar-refractivity contribution is 0.0599. The molecule has 0 atom stereocenters. The molecule has 4 rings (SSSR count). The van der Waals surface area contributed by atoms with Gasteiger partial charge < -0.3 is 18.6 Å². The van der Waals surface area contributed by atoms with Gasteiger partial charge in [0.25, 0.3) is 5.91 Å². The summed E-state index contributed by atoms with van der Waals surface area (Å²) in [6.07, 6.45) is 0. The van der Waals surface area contributed by atoms with Gasteiger partial charge >= 0.3 is 5.97 Å². The molecule has 0 aliphatic rings. The minimum atomic E-state index is -0.580. The predicted octanol–water partition coefficient (Wildman–Crippen LogP) is 4.92. The lowest BCUT2D eigenvalue weighted by Gasteiger charge is -2.09. The number of hydrogen-bond donors (Lipinski definition) is 1. The number of fused-ring (bicyclic) bond motifs is 1. The minimum Gasteiger partial charge on any atom is -0.497 e. The third-order valence-electron chi connectivity index (χ3n) is 4.82. The average Bonchev–Trinajstić information content (AvgIpc) is 3.38. The Balaban J connectivity index is 1.81. The number of rotatable bonds is 6. The third-order valence-corrected chi connectivity index (χ3v) is 5.88. The summed E-state index contributed by atoms with van der Waals surface area (Å²) in [6, 6.07) is 12.4. The van der Waals surface area contributed by atoms with E-state index in [1.807, 2.05) is 24.3 Å². The highest BCUT2D eigenvalue weighted by Crippen LogP contribution is 2.41. The molecule has 0 unspecified atom stereocenters. The second-order valence-corrected chi connectivity index (χ2v) is 7.80. The van der Waals surface area contributed by atoms with Crippen molar-refractivity contribution in [2.45, 2.75) is 6.92 Å². The fourth-order valence-corrected chi connectivity index (χ4v) is 4.29. The van der Waals surface area contributed by atoms with Gasteiger partial charge in [-0.15, -0.1) is 11.3 Å². The van der Waals surface area contributed by atoms with Crippen LogP contribution in [0.1, 0.15) is 26.5 Å². The number of aryl methyl sites for hydroxylation is 1. The molecule has 4 aromatic rings. The van der Waals surface area contributed by atoms with E-state index in [-0.39, 0.29) is 11.4 Å². The number of nitrogens with zero attached hydrogens (tertiary/aromatic N) is 1. The van der Waals surface area contributed by atoms with Gasteiger partial charge in [0.1, 0.15) is 27.8 Å². The number of carbonyl (C=O) groups is 2. The maximum Gasteiger partial charge on any atom is 0.342 e. The van der Waals surface area contributed by atoms with Crippen molar-refractivity contribution in [3.05, 3.63) is 59.4 Å². The Bertz CT molecular complexity index is 1270. The van der Waals surface area contributed by atoms with Gasteiger partial charge in [-0.05, 0) is 31.2 Å². The molecule has 164 valence electrons. The van der Waals surface area contributed by atoms with Crippen molar-refractivity contribution < 1.29 is 28.2 Å². The molecule has 0 saturated heterocycles. The van der Waals surface area contributed by atoms with E-state index in [0.717, 1.165) is 10.2 Å². The summed E-state index contributed by atoms with van der Waals surface area (Å²) < 4.78 is 22.2. The first-order chi connectivity index (χ1) is 15.4. The van der Waals surface area contributed by atoms with E-state index < -0.39 is 11.9 Å². The highest BCUT2D eigenvalue weighted by molar-refractivity contribution is 7.21. The number of carbonyl (C=O) groups excluding carboxylic acids is 2. The molecule has 0 aliphatic heterocycles. The average molecular weight is 452 g/mol. The van der Waals surface area contributed by atoms with Gasteiger partial charge in [0.2, 0.25) is 5.88 Å². The number of thiazole rings is 1. The monoisotopic (exact) mass is 452 g/mol. The number of furan rings is 1. The summed E-state index contributed by atoms with van der Waals surface area (Å²) in [5.74, 6) is 0.302. The van der Waals surface area contributed by atoms with Gasteiger partial charge in [-0.25, -0.2) is 9.78 Å². The second kappa shape index (κ2) is 8.72. The summed E-state index contributed by atoms with van der Waals surface area (Å²) in [5, 5.41) is 3.28. The zero-order valence-corrected chi connectivity index (χ0v) is 18.7. The number of esters is 1. The Labute approximate surface area is 187 Å². The molecule has 0 spiro atoms. The van der Waals surface area contributed by atoms with Crippen LogP contribution in [0.5, 0.6) is 11.5 Å². The van der Waals surface area contributed by atoms with Crippen molar-refractivity contribution in [1.29, 1.82) is 0 Å². The summed E-state index contributed by atoms with van der Waals surface area (Å²) in [6.45, 7) is 1.63. The Kier molecular flexibility index (Phi) is 5.83. The smallest absolute Gasteiger partial charge is 0.342 e. The number of benzene rings is 2. The van der Waals surface area contributed by atoms with Crippen LogP contribution in [0.25, 0.3) is 20.8 Å². The molecule has 0 aliphatic carbocycles. The zero-order valence-electron chi connectivity index (χ0n) is 17.8.